The number of methoxy groups -OCH3 is 1. The van der Waals surface area contributed by atoms with E-state index in [1.54, 1.807) is 13.2 Å². The fourth-order valence-corrected chi connectivity index (χ4v) is 4.92. The number of hydrogen-bond donors (Lipinski definition) is 0. The third kappa shape index (κ3) is 5.82. The minimum absolute atomic E-state index is 0.0394. The number of hydrogen-bond acceptors (Lipinski definition) is 4. The van der Waals surface area contributed by atoms with Gasteiger partial charge in [-0.25, -0.2) is 4.39 Å². The van der Waals surface area contributed by atoms with Crippen LogP contribution in [0.1, 0.15) is 38.0 Å². The van der Waals surface area contributed by atoms with Gasteiger partial charge in [0.25, 0.3) is 0 Å². The van der Waals surface area contributed by atoms with E-state index in [9.17, 15) is 4.39 Å². The summed E-state index contributed by atoms with van der Waals surface area (Å²) in [4.78, 5) is 0. The first-order valence-corrected chi connectivity index (χ1v) is 13.8. The van der Waals surface area contributed by atoms with E-state index in [0.29, 0.717) is 13.2 Å². The molecule has 1 fully saturated rings. The van der Waals surface area contributed by atoms with Gasteiger partial charge in [0.1, 0.15) is 30.2 Å². The SMILES string of the molecule is COC1C(c2cccc(F)c2)OC(COCc2ccccc2)C1O[Si](C)(C)C(C)(C)C. The summed E-state index contributed by atoms with van der Waals surface area (Å²) < 4.78 is 39.0. The molecule has 0 amide bonds. The van der Waals surface area contributed by atoms with Crippen molar-refractivity contribution in [3.05, 3.63) is 71.5 Å². The average Bonchev–Trinajstić information content (AvgIpc) is 3.05. The zero-order valence-electron chi connectivity index (χ0n) is 19.4. The van der Waals surface area contributed by atoms with Crippen LogP contribution in [0, 0.1) is 5.82 Å². The summed E-state index contributed by atoms with van der Waals surface area (Å²) in [6, 6.07) is 16.6. The minimum atomic E-state index is -2.10. The van der Waals surface area contributed by atoms with Gasteiger partial charge in [-0.05, 0) is 41.4 Å². The normalized spacial score (nSPS) is 24.5. The lowest BCUT2D eigenvalue weighted by Crippen LogP contribution is -2.50. The number of ether oxygens (including phenoxy) is 3. The van der Waals surface area contributed by atoms with Gasteiger partial charge < -0.3 is 18.6 Å². The summed E-state index contributed by atoms with van der Waals surface area (Å²) in [5.41, 5.74) is 1.86. The van der Waals surface area contributed by atoms with Gasteiger partial charge in [0.2, 0.25) is 0 Å². The Bertz CT molecular complexity index is 837. The van der Waals surface area contributed by atoms with Crippen LogP contribution in [0.15, 0.2) is 54.6 Å². The molecule has 0 radical (unpaired) electrons. The average molecular weight is 447 g/mol. The van der Waals surface area contributed by atoms with Gasteiger partial charge in [0.05, 0.1) is 13.2 Å². The van der Waals surface area contributed by atoms with Crippen LogP contribution in [-0.2, 0) is 25.2 Å². The van der Waals surface area contributed by atoms with Crippen LogP contribution in [0.4, 0.5) is 4.39 Å². The van der Waals surface area contributed by atoms with Crippen LogP contribution in [0.25, 0.3) is 0 Å². The van der Waals surface area contributed by atoms with Crippen molar-refractivity contribution in [2.24, 2.45) is 0 Å². The Labute approximate surface area is 186 Å². The zero-order valence-corrected chi connectivity index (χ0v) is 20.4. The lowest BCUT2D eigenvalue weighted by Gasteiger charge is -2.40. The third-order valence-corrected chi connectivity index (χ3v) is 10.9. The van der Waals surface area contributed by atoms with Crippen molar-refractivity contribution >= 4 is 8.32 Å². The molecule has 0 N–H and O–H groups in total. The van der Waals surface area contributed by atoms with E-state index in [2.05, 4.69) is 33.9 Å². The monoisotopic (exact) mass is 446 g/mol. The van der Waals surface area contributed by atoms with Crippen LogP contribution in [0.5, 0.6) is 0 Å². The lowest BCUT2D eigenvalue weighted by molar-refractivity contribution is -0.0467. The Morgan fingerprint density at radius 1 is 1.00 bits per heavy atom. The molecule has 170 valence electrons. The first-order chi connectivity index (χ1) is 14.6. The lowest BCUT2D eigenvalue weighted by atomic mass is 10.0. The quantitative estimate of drug-likeness (QED) is 0.474. The Kier molecular flexibility index (Phi) is 7.71. The standard InChI is InChI=1S/C25H35FO4Si/c1-25(2,3)31(5,6)30-23-21(17-28-16-18-11-8-7-9-12-18)29-22(24(23)27-4)19-13-10-14-20(26)15-19/h7-15,21-24H,16-17H2,1-6H3. The summed E-state index contributed by atoms with van der Waals surface area (Å²) >= 11 is 0. The van der Waals surface area contributed by atoms with Crippen molar-refractivity contribution in [3.63, 3.8) is 0 Å². The second-order valence-electron chi connectivity index (χ2n) is 9.69. The molecule has 2 aromatic carbocycles. The second kappa shape index (κ2) is 9.92. The predicted molar refractivity (Wildman–Crippen MR) is 123 cm³/mol. The van der Waals surface area contributed by atoms with Crippen molar-refractivity contribution < 1.29 is 23.0 Å². The Balaban J connectivity index is 1.81. The van der Waals surface area contributed by atoms with E-state index in [0.717, 1.165) is 11.1 Å². The van der Waals surface area contributed by atoms with Crippen molar-refractivity contribution in [2.75, 3.05) is 13.7 Å². The van der Waals surface area contributed by atoms with E-state index >= 15 is 0 Å². The van der Waals surface area contributed by atoms with Crippen LogP contribution < -0.4 is 0 Å². The van der Waals surface area contributed by atoms with E-state index in [4.69, 9.17) is 18.6 Å². The molecule has 6 heteroatoms. The highest BCUT2D eigenvalue weighted by molar-refractivity contribution is 6.74. The molecule has 1 saturated heterocycles. The molecular formula is C25H35FO4Si. The Hall–Kier alpha value is -1.57. The highest BCUT2D eigenvalue weighted by atomic mass is 28.4. The molecule has 1 aliphatic rings. The van der Waals surface area contributed by atoms with E-state index < -0.39 is 14.4 Å². The van der Waals surface area contributed by atoms with Gasteiger partial charge >= 0.3 is 0 Å². The molecular weight excluding hydrogens is 411 g/mol. The molecule has 3 rings (SSSR count). The highest BCUT2D eigenvalue weighted by Gasteiger charge is 2.50. The Morgan fingerprint density at radius 2 is 1.71 bits per heavy atom. The third-order valence-electron chi connectivity index (χ3n) is 6.39. The fourth-order valence-electron chi connectivity index (χ4n) is 3.60. The van der Waals surface area contributed by atoms with E-state index in [-0.39, 0.29) is 29.2 Å². The predicted octanol–water partition coefficient (Wildman–Crippen LogP) is 5.89. The fraction of sp³-hybridized carbons (Fsp3) is 0.520. The smallest absolute Gasteiger partial charge is 0.192 e. The van der Waals surface area contributed by atoms with Crippen molar-refractivity contribution in [1.82, 2.24) is 0 Å². The highest BCUT2D eigenvalue weighted by Crippen LogP contribution is 2.43. The molecule has 0 aromatic heterocycles. The molecule has 4 nitrogen and oxygen atoms in total. The van der Waals surface area contributed by atoms with E-state index in [1.165, 1.54) is 12.1 Å². The van der Waals surface area contributed by atoms with Gasteiger partial charge in [0.15, 0.2) is 8.32 Å². The summed E-state index contributed by atoms with van der Waals surface area (Å²) in [7, 11) is -0.442. The summed E-state index contributed by atoms with van der Waals surface area (Å²) in [5, 5.41) is 0.0394. The van der Waals surface area contributed by atoms with E-state index in [1.807, 2.05) is 36.4 Å². The van der Waals surface area contributed by atoms with Gasteiger partial charge in [-0.1, -0.05) is 63.2 Å². The maximum Gasteiger partial charge on any atom is 0.192 e. The first-order valence-electron chi connectivity index (χ1n) is 10.9. The topological polar surface area (TPSA) is 36.9 Å². The molecule has 1 aliphatic heterocycles. The van der Waals surface area contributed by atoms with Crippen molar-refractivity contribution in [2.45, 2.75) is 69.9 Å². The molecule has 1 heterocycles. The maximum atomic E-state index is 13.9. The van der Waals surface area contributed by atoms with Crippen LogP contribution in [0.2, 0.25) is 18.1 Å². The van der Waals surface area contributed by atoms with Crippen LogP contribution >= 0.6 is 0 Å². The van der Waals surface area contributed by atoms with Gasteiger partial charge in [0, 0.05) is 7.11 Å². The van der Waals surface area contributed by atoms with Crippen molar-refractivity contribution in [3.8, 4) is 0 Å². The van der Waals surface area contributed by atoms with Crippen LogP contribution in [-0.4, -0.2) is 40.3 Å². The Morgan fingerprint density at radius 3 is 2.32 bits per heavy atom. The number of halogens is 1. The molecule has 4 unspecified atom stereocenters. The number of benzene rings is 2. The molecule has 2 aromatic rings. The second-order valence-corrected chi connectivity index (χ2v) is 14.5. The largest absolute Gasteiger partial charge is 0.408 e. The zero-order chi connectivity index (χ0) is 22.6. The van der Waals surface area contributed by atoms with Gasteiger partial charge in [-0.15, -0.1) is 0 Å². The molecule has 0 spiro atoms. The molecule has 0 aliphatic carbocycles. The minimum Gasteiger partial charge on any atom is -0.408 e. The molecule has 0 bridgehead atoms. The number of rotatable bonds is 8. The first kappa shape index (κ1) is 24.1. The summed E-state index contributed by atoms with van der Waals surface area (Å²) in [6.45, 7) is 11.9. The maximum absolute atomic E-state index is 13.9. The molecule has 31 heavy (non-hydrogen) atoms. The van der Waals surface area contributed by atoms with Crippen molar-refractivity contribution in [1.29, 1.82) is 0 Å². The summed E-state index contributed by atoms with van der Waals surface area (Å²) in [5.74, 6) is -0.290. The van der Waals surface area contributed by atoms with Gasteiger partial charge in [-0.3, -0.25) is 0 Å². The summed E-state index contributed by atoms with van der Waals surface area (Å²) in [6.07, 6.45) is -1.37. The van der Waals surface area contributed by atoms with Crippen LogP contribution in [0.3, 0.4) is 0 Å². The molecule has 4 atom stereocenters. The van der Waals surface area contributed by atoms with Gasteiger partial charge in [-0.2, -0.15) is 0 Å². The molecule has 0 saturated carbocycles.